The van der Waals surface area contributed by atoms with Gasteiger partial charge in [-0.25, -0.2) is 9.97 Å². The number of hydrogen-bond acceptors (Lipinski definition) is 3. The molecule has 0 spiro atoms. The molecule has 0 atom stereocenters. The summed E-state index contributed by atoms with van der Waals surface area (Å²) in [6.45, 7) is 6.59. The lowest BCUT2D eigenvalue weighted by molar-refractivity contribution is 1.02. The third-order valence-electron chi connectivity index (χ3n) is 2.84. The van der Waals surface area contributed by atoms with E-state index >= 15 is 0 Å². The summed E-state index contributed by atoms with van der Waals surface area (Å²) in [5.41, 5.74) is 4.20. The highest BCUT2D eigenvalue weighted by atomic mass is 35.5. The Morgan fingerprint density at radius 3 is 2.28 bits per heavy atom. The van der Waals surface area contributed by atoms with Crippen LogP contribution in [0.5, 0.6) is 0 Å². The van der Waals surface area contributed by atoms with Gasteiger partial charge in [-0.05, 0) is 26.3 Å². The van der Waals surface area contributed by atoms with E-state index < -0.39 is 0 Å². The van der Waals surface area contributed by atoms with Crippen LogP contribution < -0.4 is 5.32 Å². The Kier molecular flexibility index (Phi) is 3.82. The normalized spacial score (nSPS) is 10.4. The number of hydrogen-bond donors (Lipinski definition) is 1. The van der Waals surface area contributed by atoms with Gasteiger partial charge >= 0.3 is 0 Å². The molecule has 0 aliphatic carbocycles. The van der Waals surface area contributed by atoms with E-state index in [4.69, 9.17) is 11.6 Å². The van der Waals surface area contributed by atoms with Gasteiger partial charge in [0.25, 0.3) is 0 Å². The van der Waals surface area contributed by atoms with Crippen molar-refractivity contribution in [3.63, 3.8) is 0 Å². The first kappa shape index (κ1) is 12.8. The van der Waals surface area contributed by atoms with Crippen LogP contribution in [0.2, 0.25) is 5.15 Å². The standard InChI is InChI=1S/C14H16ClN3/c1-9-4-6-12(7-5-9)8-16-14-13(15)17-10(2)11(3)18-14/h4-7H,8H2,1-3H3,(H,16,18). The molecule has 1 N–H and O–H groups in total. The largest absolute Gasteiger partial charge is 0.363 e. The predicted octanol–water partition coefficient (Wildman–Crippen LogP) is 3.67. The second-order valence-electron chi connectivity index (χ2n) is 4.37. The van der Waals surface area contributed by atoms with Crippen molar-refractivity contribution in [3.05, 3.63) is 51.9 Å². The van der Waals surface area contributed by atoms with Crippen LogP contribution in [0.15, 0.2) is 24.3 Å². The fraction of sp³-hybridized carbons (Fsp3) is 0.286. The third kappa shape index (κ3) is 2.99. The van der Waals surface area contributed by atoms with Crippen LogP contribution in [0.25, 0.3) is 0 Å². The molecule has 0 unspecified atom stereocenters. The molecule has 0 fully saturated rings. The molecular weight excluding hydrogens is 246 g/mol. The number of nitrogens with one attached hydrogen (secondary N) is 1. The maximum Gasteiger partial charge on any atom is 0.171 e. The molecule has 0 bridgehead atoms. The maximum atomic E-state index is 6.06. The minimum atomic E-state index is 0.421. The Morgan fingerprint density at radius 1 is 1.00 bits per heavy atom. The van der Waals surface area contributed by atoms with Crippen molar-refractivity contribution in [2.45, 2.75) is 27.3 Å². The van der Waals surface area contributed by atoms with Crippen molar-refractivity contribution in [3.8, 4) is 0 Å². The topological polar surface area (TPSA) is 37.8 Å². The molecule has 0 saturated heterocycles. The number of aromatic nitrogens is 2. The molecule has 18 heavy (non-hydrogen) atoms. The van der Waals surface area contributed by atoms with Crippen molar-refractivity contribution in [2.75, 3.05) is 5.32 Å². The second-order valence-corrected chi connectivity index (χ2v) is 4.73. The molecule has 0 saturated carbocycles. The van der Waals surface area contributed by atoms with Gasteiger partial charge in [0, 0.05) is 6.54 Å². The average molecular weight is 262 g/mol. The molecule has 0 aliphatic heterocycles. The summed E-state index contributed by atoms with van der Waals surface area (Å²) in [7, 11) is 0. The lowest BCUT2D eigenvalue weighted by atomic mass is 10.1. The van der Waals surface area contributed by atoms with Crippen molar-refractivity contribution in [2.24, 2.45) is 0 Å². The summed E-state index contributed by atoms with van der Waals surface area (Å²) >= 11 is 6.06. The minimum absolute atomic E-state index is 0.421. The summed E-state index contributed by atoms with van der Waals surface area (Å²) in [4.78, 5) is 8.64. The minimum Gasteiger partial charge on any atom is -0.363 e. The number of aryl methyl sites for hydroxylation is 3. The molecule has 0 aliphatic rings. The fourth-order valence-corrected chi connectivity index (χ4v) is 1.82. The van der Waals surface area contributed by atoms with Gasteiger partial charge in [-0.3, -0.25) is 0 Å². The lowest BCUT2D eigenvalue weighted by Gasteiger charge is -2.09. The van der Waals surface area contributed by atoms with E-state index in [1.54, 1.807) is 0 Å². The molecule has 0 amide bonds. The Balaban J connectivity index is 2.10. The maximum absolute atomic E-state index is 6.06. The van der Waals surface area contributed by atoms with Crippen LogP contribution in [-0.2, 0) is 6.54 Å². The molecule has 1 aromatic heterocycles. The highest BCUT2D eigenvalue weighted by Crippen LogP contribution is 2.19. The predicted molar refractivity (Wildman–Crippen MR) is 75.0 cm³/mol. The van der Waals surface area contributed by atoms with E-state index in [-0.39, 0.29) is 0 Å². The molecule has 3 nitrogen and oxygen atoms in total. The summed E-state index contributed by atoms with van der Waals surface area (Å²) in [5.74, 6) is 0.639. The molecule has 94 valence electrons. The Morgan fingerprint density at radius 2 is 1.61 bits per heavy atom. The van der Waals surface area contributed by atoms with Crippen molar-refractivity contribution in [1.29, 1.82) is 0 Å². The van der Waals surface area contributed by atoms with Crippen molar-refractivity contribution in [1.82, 2.24) is 9.97 Å². The molecule has 2 aromatic rings. The Labute approximate surface area is 112 Å². The van der Waals surface area contributed by atoms with Crippen LogP contribution in [0.4, 0.5) is 5.82 Å². The van der Waals surface area contributed by atoms with Crippen LogP contribution >= 0.6 is 11.6 Å². The third-order valence-corrected chi connectivity index (χ3v) is 3.11. The summed E-state index contributed by atoms with van der Waals surface area (Å²) in [5, 5.41) is 3.63. The smallest absolute Gasteiger partial charge is 0.171 e. The zero-order valence-corrected chi connectivity index (χ0v) is 11.5. The van der Waals surface area contributed by atoms with Gasteiger partial charge in [0.15, 0.2) is 11.0 Å². The van der Waals surface area contributed by atoms with E-state index in [2.05, 4.69) is 46.5 Å². The van der Waals surface area contributed by atoms with Crippen molar-refractivity contribution < 1.29 is 0 Å². The average Bonchev–Trinajstić information content (AvgIpc) is 2.34. The highest BCUT2D eigenvalue weighted by Gasteiger charge is 2.06. The number of rotatable bonds is 3. The summed E-state index contributed by atoms with van der Waals surface area (Å²) < 4.78 is 0. The zero-order valence-electron chi connectivity index (χ0n) is 10.8. The molecule has 4 heteroatoms. The Hall–Kier alpha value is -1.61. The number of benzene rings is 1. The first-order valence-corrected chi connectivity index (χ1v) is 6.24. The first-order chi connectivity index (χ1) is 8.56. The summed E-state index contributed by atoms with van der Waals surface area (Å²) in [6, 6.07) is 8.35. The van der Waals surface area contributed by atoms with E-state index in [0.717, 1.165) is 11.4 Å². The SMILES string of the molecule is Cc1ccc(CNc2nc(C)c(C)nc2Cl)cc1. The van der Waals surface area contributed by atoms with E-state index in [9.17, 15) is 0 Å². The fourth-order valence-electron chi connectivity index (χ4n) is 1.58. The van der Waals surface area contributed by atoms with Crippen LogP contribution in [0.1, 0.15) is 22.5 Å². The van der Waals surface area contributed by atoms with Gasteiger partial charge in [0.1, 0.15) is 0 Å². The van der Waals surface area contributed by atoms with E-state index in [0.29, 0.717) is 17.5 Å². The highest BCUT2D eigenvalue weighted by molar-refractivity contribution is 6.31. The van der Waals surface area contributed by atoms with Gasteiger partial charge in [0.05, 0.1) is 11.4 Å². The molecule has 1 aromatic carbocycles. The number of nitrogens with zero attached hydrogens (tertiary/aromatic N) is 2. The van der Waals surface area contributed by atoms with Gasteiger partial charge < -0.3 is 5.32 Å². The first-order valence-electron chi connectivity index (χ1n) is 5.86. The van der Waals surface area contributed by atoms with Gasteiger partial charge in [-0.15, -0.1) is 0 Å². The van der Waals surface area contributed by atoms with Crippen LogP contribution in [0, 0.1) is 20.8 Å². The molecular formula is C14H16ClN3. The Bertz CT molecular complexity index is 550. The van der Waals surface area contributed by atoms with Gasteiger partial charge in [0.2, 0.25) is 0 Å². The van der Waals surface area contributed by atoms with Gasteiger partial charge in [-0.2, -0.15) is 0 Å². The zero-order chi connectivity index (χ0) is 13.1. The number of halogens is 1. The van der Waals surface area contributed by atoms with Crippen LogP contribution in [0.3, 0.4) is 0 Å². The quantitative estimate of drug-likeness (QED) is 0.916. The second kappa shape index (κ2) is 5.36. The number of anilines is 1. The molecule has 2 rings (SSSR count). The van der Waals surface area contributed by atoms with E-state index in [1.165, 1.54) is 11.1 Å². The monoisotopic (exact) mass is 261 g/mol. The molecule has 0 radical (unpaired) electrons. The lowest BCUT2D eigenvalue weighted by Crippen LogP contribution is -2.05. The van der Waals surface area contributed by atoms with Gasteiger partial charge in [-0.1, -0.05) is 41.4 Å². The summed E-state index contributed by atoms with van der Waals surface area (Å²) in [6.07, 6.45) is 0. The van der Waals surface area contributed by atoms with E-state index in [1.807, 2.05) is 13.8 Å². The van der Waals surface area contributed by atoms with Crippen molar-refractivity contribution >= 4 is 17.4 Å². The van der Waals surface area contributed by atoms with Crippen LogP contribution in [-0.4, -0.2) is 9.97 Å². The molecule has 1 heterocycles.